The number of carbonyl (C=O) groups is 2. The fourth-order valence-corrected chi connectivity index (χ4v) is 5.07. The van der Waals surface area contributed by atoms with Crippen LogP contribution >= 0.6 is 0 Å². The van der Waals surface area contributed by atoms with Crippen molar-refractivity contribution in [3.63, 3.8) is 0 Å². The third-order valence-corrected chi connectivity index (χ3v) is 6.89. The molecule has 1 saturated heterocycles. The van der Waals surface area contributed by atoms with Crippen LogP contribution in [0.2, 0.25) is 0 Å². The summed E-state index contributed by atoms with van der Waals surface area (Å²) in [6.07, 6.45) is 2.19. The predicted octanol–water partition coefficient (Wildman–Crippen LogP) is 2.53. The topological polar surface area (TPSA) is 83.6 Å². The smallest absolute Gasteiger partial charge is 0.251 e. The molecule has 1 atom stereocenters. The summed E-state index contributed by atoms with van der Waals surface area (Å²) in [6.45, 7) is 8.74. The Labute approximate surface area is 168 Å². The molecule has 0 aliphatic carbocycles. The second kappa shape index (κ2) is 9.07. The van der Waals surface area contributed by atoms with E-state index >= 15 is 0 Å². The first-order chi connectivity index (χ1) is 13.0. The molecule has 1 aromatic rings. The van der Waals surface area contributed by atoms with Crippen molar-refractivity contribution in [2.75, 3.05) is 24.6 Å². The molecule has 1 N–H and O–H groups in total. The number of sulfone groups is 1. The van der Waals surface area contributed by atoms with Crippen LogP contribution in [0.1, 0.15) is 62.9 Å². The van der Waals surface area contributed by atoms with Gasteiger partial charge in [-0.15, -0.1) is 0 Å². The highest BCUT2D eigenvalue weighted by Gasteiger charge is 2.34. The van der Waals surface area contributed by atoms with Crippen LogP contribution in [-0.2, 0) is 20.0 Å². The lowest BCUT2D eigenvalue weighted by atomic mass is 9.87. The first kappa shape index (κ1) is 22.4. The van der Waals surface area contributed by atoms with E-state index in [1.54, 1.807) is 17.0 Å². The van der Waals surface area contributed by atoms with Gasteiger partial charge in [0.05, 0.1) is 18.1 Å². The van der Waals surface area contributed by atoms with Crippen LogP contribution in [0.4, 0.5) is 0 Å². The van der Waals surface area contributed by atoms with Crippen molar-refractivity contribution in [3.8, 4) is 0 Å². The van der Waals surface area contributed by atoms with Gasteiger partial charge in [0.25, 0.3) is 5.91 Å². The van der Waals surface area contributed by atoms with E-state index in [-0.39, 0.29) is 41.3 Å². The van der Waals surface area contributed by atoms with Gasteiger partial charge in [0.2, 0.25) is 5.91 Å². The molecule has 156 valence electrons. The molecule has 0 spiro atoms. The maximum absolute atomic E-state index is 12.7. The fourth-order valence-electron chi connectivity index (χ4n) is 3.34. The summed E-state index contributed by atoms with van der Waals surface area (Å²) in [7, 11) is -3.07. The average molecular weight is 409 g/mol. The molecule has 1 aliphatic heterocycles. The number of amides is 2. The van der Waals surface area contributed by atoms with Crippen molar-refractivity contribution in [2.45, 2.75) is 58.4 Å². The summed E-state index contributed by atoms with van der Waals surface area (Å²) in [5.41, 5.74) is 1.64. The molecule has 0 radical (unpaired) electrons. The molecular formula is C21H32N2O4S. The molecule has 1 fully saturated rings. The van der Waals surface area contributed by atoms with Gasteiger partial charge in [0, 0.05) is 18.2 Å². The van der Waals surface area contributed by atoms with Gasteiger partial charge < -0.3 is 10.2 Å². The minimum Gasteiger partial charge on any atom is -0.343 e. The Morgan fingerprint density at radius 3 is 2.32 bits per heavy atom. The molecule has 7 heteroatoms. The number of nitrogens with zero attached hydrogens (tertiary/aromatic N) is 1. The maximum atomic E-state index is 12.7. The number of unbranched alkanes of at least 4 members (excludes halogenated alkanes) is 1. The Bertz CT molecular complexity index is 795. The van der Waals surface area contributed by atoms with E-state index in [2.05, 4.69) is 26.1 Å². The van der Waals surface area contributed by atoms with E-state index in [0.29, 0.717) is 18.5 Å². The monoisotopic (exact) mass is 408 g/mol. The van der Waals surface area contributed by atoms with Crippen LogP contribution in [0.15, 0.2) is 24.3 Å². The summed E-state index contributed by atoms with van der Waals surface area (Å²) in [4.78, 5) is 26.7. The van der Waals surface area contributed by atoms with Crippen molar-refractivity contribution in [1.29, 1.82) is 0 Å². The van der Waals surface area contributed by atoms with Crippen molar-refractivity contribution in [1.82, 2.24) is 10.2 Å². The predicted molar refractivity (Wildman–Crippen MR) is 111 cm³/mol. The number of rotatable bonds is 7. The first-order valence-electron chi connectivity index (χ1n) is 9.92. The zero-order valence-corrected chi connectivity index (χ0v) is 18.1. The molecule has 1 unspecified atom stereocenters. The molecule has 0 saturated carbocycles. The highest BCUT2D eigenvalue weighted by Crippen LogP contribution is 2.22. The summed E-state index contributed by atoms with van der Waals surface area (Å²) in [5, 5.41) is 2.68. The molecule has 1 aromatic carbocycles. The molecule has 0 bridgehead atoms. The number of benzene rings is 1. The minimum absolute atomic E-state index is 0.00632. The molecule has 2 rings (SSSR count). The summed E-state index contributed by atoms with van der Waals surface area (Å²) >= 11 is 0. The van der Waals surface area contributed by atoms with Gasteiger partial charge >= 0.3 is 0 Å². The van der Waals surface area contributed by atoms with E-state index < -0.39 is 9.84 Å². The summed E-state index contributed by atoms with van der Waals surface area (Å²) < 4.78 is 23.6. The second-order valence-corrected chi connectivity index (χ2v) is 10.7. The molecule has 2 amide bonds. The quantitative estimate of drug-likeness (QED) is 0.751. The fraction of sp³-hybridized carbons (Fsp3) is 0.619. The number of hydrogen-bond donors (Lipinski definition) is 1. The van der Waals surface area contributed by atoms with Crippen molar-refractivity contribution in [2.24, 2.45) is 0 Å². The molecule has 1 aliphatic rings. The van der Waals surface area contributed by atoms with E-state index in [1.807, 2.05) is 19.1 Å². The van der Waals surface area contributed by atoms with Crippen LogP contribution in [0, 0.1) is 0 Å². The normalized spacial score (nSPS) is 18.6. The Kier molecular flexibility index (Phi) is 7.26. The maximum Gasteiger partial charge on any atom is 0.251 e. The van der Waals surface area contributed by atoms with Crippen LogP contribution in [0.5, 0.6) is 0 Å². The molecule has 0 aromatic heterocycles. The van der Waals surface area contributed by atoms with Crippen LogP contribution < -0.4 is 5.32 Å². The lowest BCUT2D eigenvalue weighted by Crippen LogP contribution is -2.46. The standard InChI is InChI=1S/C21H32N2O4S/c1-5-6-12-23(18-11-13-28(26,27)15-18)19(24)14-22-20(25)16-7-9-17(10-8-16)21(2,3)4/h7-10,18H,5-6,11-15H2,1-4H3,(H,22,25). The van der Waals surface area contributed by atoms with E-state index in [0.717, 1.165) is 18.4 Å². The Morgan fingerprint density at radius 2 is 1.82 bits per heavy atom. The van der Waals surface area contributed by atoms with Crippen LogP contribution in [-0.4, -0.2) is 55.8 Å². The van der Waals surface area contributed by atoms with Gasteiger partial charge in [-0.2, -0.15) is 0 Å². The number of carbonyl (C=O) groups excluding carboxylic acids is 2. The van der Waals surface area contributed by atoms with E-state index in [9.17, 15) is 18.0 Å². The second-order valence-electron chi connectivity index (χ2n) is 8.51. The Balaban J connectivity index is 1.98. The zero-order chi connectivity index (χ0) is 20.9. The zero-order valence-electron chi connectivity index (χ0n) is 17.3. The summed E-state index contributed by atoms with van der Waals surface area (Å²) in [5.74, 6) is -0.386. The first-order valence-corrected chi connectivity index (χ1v) is 11.7. The van der Waals surface area contributed by atoms with Crippen molar-refractivity contribution < 1.29 is 18.0 Å². The van der Waals surface area contributed by atoms with E-state index in [4.69, 9.17) is 0 Å². The van der Waals surface area contributed by atoms with Gasteiger partial charge in [-0.25, -0.2) is 8.42 Å². The van der Waals surface area contributed by atoms with Crippen LogP contribution in [0.3, 0.4) is 0 Å². The number of nitrogens with one attached hydrogen (secondary N) is 1. The lowest BCUT2D eigenvalue weighted by Gasteiger charge is -2.28. The lowest BCUT2D eigenvalue weighted by molar-refractivity contribution is -0.132. The SMILES string of the molecule is CCCCN(C(=O)CNC(=O)c1ccc(C(C)(C)C)cc1)C1CCS(=O)(=O)C1. The largest absolute Gasteiger partial charge is 0.343 e. The highest BCUT2D eigenvalue weighted by atomic mass is 32.2. The molecular weight excluding hydrogens is 376 g/mol. The highest BCUT2D eigenvalue weighted by molar-refractivity contribution is 7.91. The third kappa shape index (κ3) is 6.06. The van der Waals surface area contributed by atoms with Gasteiger partial charge in [-0.1, -0.05) is 46.2 Å². The molecule has 1 heterocycles. The van der Waals surface area contributed by atoms with Gasteiger partial charge in [-0.05, 0) is 36.0 Å². The van der Waals surface area contributed by atoms with Gasteiger partial charge in [0.15, 0.2) is 9.84 Å². The van der Waals surface area contributed by atoms with Crippen molar-refractivity contribution >= 4 is 21.7 Å². The van der Waals surface area contributed by atoms with E-state index in [1.165, 1.54) is 0 Å². The molecule has 28 heavy (non-hydrogen) atoms. The number of hydrogen-bond acceptors (Lipinski definition) is 4. The Morgan fingerprint density at radius 1 is 1.18 bits per heavy atom. The van der Waals surface area contributed by atoms with Crippen LogP contribution in [0.25, 0.3) is 0 Å². The summed E-state index contributed by atoms with van der Waals surface area (Å²) in [6, 6.07) is 7.09. The molecule has 6 nitrogen and oxygen atoms in total. The average Bonchev–Trinajstić information content (AvgIpc) is 2.99. The van der Waals surface area contributed by atoms with Gasteiger partial charge in [-0.3, -0.25) is 9.59 Å². The minimum atomic E-state index is -3.07. The van der Waals surface area contributed by atoms with Crippen molar-refractivity contribution in [3.05, 3.63) is 35.4 Å². The third-order valence-electron chi connectivity index (χ3n) is 5.14. The Hall–Kier alpha value is -1.89. The van der Waals surface area contributed by atoms with Gasteiger partial charge in [0.1, 0.15) is 0 Å².